The summed E-state index contributed by atoms with van der Waals surface area (Å²) in [7, 11) is 1.63. The van der Waals surface area contributed by atoms with Gasteiger partial charge in [-0.25, -0.2) is 4.68 Å². The van der Waals surface area contributed by atoms with Crippen molar-refractivity contribution in [3.63, 3.8) is 0 Å². The lowest BCUT2D eigenvalue weighted by atomic mass is 10.1. The monoisotopic (exact) mass is 452 g/mol. The molecule has 3 aromatic rings. The Morgan fingerprint density at radius 1 is 1.06 bits per heavy atom. The van der Waals surface area contributed by atoms with Gasteiger partial charge in [0.1, 0.15) is 5.75 Å². The molecular formula is C23H28N6O2S. The molecule has 168 valence electrons. The summed E-state index contributed by atoms with van der Waals surface area (Å²) in [4.78, 5) is 14.8. The van der Waals surface area contributed by atoms with Crippen molar-refractivity contribution >= 4 is 29.0 Å². The summed E-state index contributed by atoms with van der Waals surface area (Å²) in [5, 5.41) is 11.7. The molecule has 1 aromatic heterocycles. The van der Waals surface area contributed by atoms with Crippen LogP contribution in [-0.2, 0) is 11.2 Å². The molecule has 2 aromatic carbocycles. The van der Waals surface area contributed by atoms with Crippen LogP contribution in [0.1, 0.15) is 30.7 Å². The van der Waals surface area contributed by atoms with Gasteiger partial charge in [0, 0.05) is 30.9 Å². The van der Waals surface area contributed by atoms with Crippen LogP contribution < -0.4 is 20.8 Å². The molecule has 9 heteroatoms. The van der Waals surface area contributed by atoms with Crippen molar-refractivity contribution < 1.29 is 9.53 Å². The van der Waals surface area contributed by atoms with Crippen molar-refractivity contribution in [1.29, 1.82) is 0 Å². The number of amides is 1. The summed E-state index contributed by atoms with van der Waals surface area (Å²) in [6.07, 6.45) is 4.33. The zero-order valence-electron chi connectivity index (χ0n) is 18.2. The smallest absolute Gasteiger partial charge is 0.234 e. The molecule has 2 heterocycles. The van der Waals surface area contributed by atoms with Gasteiger partial charge in [-0.2, -0.15) is 0 Å². The molecule has 0 saturated carbocycles. The minimum absolute atomic E-state index is 0.111. The number of carbonyl (C=O) groups excluding carboxylic acids is 1. The summed E-state index contributed by atoms with van der Waals surface area (Å²) in [5.74, 6) is 7.66. The van der Waals surface area contributed by atoms with E-state index in [1.807, 2.05) is 36.4 Å². The molecule has 1 amide bonds. The first-order chi connectivity index (χ1) is 15.6. The number of nitrogen functional groups attached to an aromatic ring is 1. The van der Waals surface area contributed by atoms with Crippen molar-refractivity contribution in [2.75, 3.05) is 42.0 Å². The van der Waals surface area contributed by atoms with Crippen LogP contribution in [0.4, 0.5) is 11.4 Å². The fourth-order valence-electron chi connectivity index (χ4n) is 3.69. The lowest BCUT2D eigenvalue weighted by Gasteiger charge is -2.28. The molecule has 0 spiro atoms. The number of ether oxygens (including phenoxy) is 1. The molecule has 4 rings (SSSR count). The summed E-state index contributed by atoms with van der Waals surface area (Å²) in [5.41, 5.74) is 3.04. The van der Waals surface area contributed by atoms with Crippen LogP contribution in [0, 0.1) is 0 Å². The first-order valence-corrected chi connectivity index (χ1v) is 11.7. The second-order valence-corrected chi connectivity index (χ2v) is 8.67. The summed E-state index contributed by atoms with van der Waals surface area (Å²) >= 11 is 1.26. The first-order valence-electron chi connectivity index (χ1n) is 10.7. The van der Waals surface area contributed by atoms with Gasteiger partial charge in [-0.3, -0.25) is 4.79 Å². The molecular weight excluding hydrogens is 424 g/mol. The van der Waals surface area contributed by atoms with Gasteiger partial charge in [0.05, 0.1) is 12.9 Å². The average molecular weight is 453 g/mol. The number of rotatable bonds is 8. The third-order valence-electron chi connectivity index (χ3n) is 5.46. The lowest BCUT2D eigenvalue weighted by molar-refractivity contribution is -0.113. The summed E-state index contributed by atoms with van der Waals surface area (Å²) < 4.78 is 6.62. The van der Waals surface area contributed by atoms with Crippen molar-refractivity contribution in [1.82, 2.24) is 14.9 Å². The molecule has 0 atom stereocenters. The van der Waals surface area contributed by atoms with E-state index in [-0.39, 0.29) is 11.7 Å². The number of aromatic nitrogens is 3. The number of hydrogen-bond acceptors (Lipinski definition) is 7. The van der Waals surface area contributed by atoms with Crippen LogP contribution >= 0.6 is 11.8 Å². The SMILES string of the molecule is COc1ccc(Cc2nnc(SCC(=O)Nc3ccc(N4CCCCC4)cc3)n2N)cc1. The van der Waals surface area contributed by atoms with E-state index in [0.29, 0.717) is 17.4 Å². The third kappa shape index (κ3) is 5.53. The summed E-state index contributed by atoms with van der Waals surface area (Å²) in [6, 6.07) is 15.7. The standard InChI is InChI=1S/C23H28N6O2S/c1-31-20-11-5-17(6-12-20)15-21-26-27-23(29(21)24)32-16-22(30)25-18-7-9-19(10-8-18)28-13-3-2-4-14-28/h5-12H,2-4,13-16,24H2,1H3,(H,25,30). The van der Waals surface area contributed by atoms with Crippen molar-refractivity contribution in [3.8, 4) is 5.75 Å². The van der Waals surface area contributed by atoms with Crippen molar-refractivity contribution in [2.45, 2.75) is 30.8 Å². The van der Waals surface area contributed by atoms with E-state index >= 15 is 0 Å². The molecule has 32 heavy (non-hydrogen) atoms. The number of nitrogens with zero attached hydrogens (tertiary/aromatic N) is 4. The lowest BCUT2D eigenvalue weighted by Crippen LogP contribution is -2.29. The van der Waals surface area contributed by atoms with Crippen LogP contribution in [0.15, 0.2) is 53.7 Å². The molecule has 1 aliphatic heterocycles. The van der Waals surface area contributed by atoms with E-state index < -0.39 is 0 Å². The predicted octanol–water partition coefficient (Wildman–Crippen LogP) is 3.31. The molecule has 0 radical (unpaired) electrons. The van der Waals surface area contributed by atoms with Gasteiger partial charge < -0.3 is 20.8 Å². The molecule has 0 bridgehead atoms. The number of piperidine rings is 1. The van der Waals surface area contributed by atoms with Crippen LogP contribution in [0.5, 0.6) is 5.75 Å². The topological polar surface area (TPSA) is 98.3 Å². The highest BCUT2D eigenvalue weighted by Gasteiger charge is 2.14. The molecule has 0 unspecified atom stereocenters. The van der Waals surface area contributed by atoms with Crippen LogP contribution in [0.25, 0.3) is 0 Å². The number of hydrogen-bond donors (Lipinski definition) is 2. The van der Waals surface area contributed by atoms with E-state index in [1.165, 1.54) is 41.4 Å². The minimum Gasteiger partial charge on any atom is -0.497 e. The van der Waals surface area contributed by atoms with E-state index in [1.54, 1.807) is 7.11 Å². The molecule has 0 aliphatic carbocycles. The number of carbonyl (C=O) groups is 1. The number of methoxy groups -OCH3 is 1. The highest BCUT2D eigenvalue weighted by Crippen LogP contribution is 2.22. The number of nitrogens with one attached hydrogen (secondary N) is 1. The Morgan fingerprint density at radius 2 is 1.78 bits per heavy atom. The van der Waals surface area contributed by atoms with E-state index in [2.05, 4.69) is 32.5 Å². The van der Waals surface area contributed by atoms with Gasteiger partial charge in [-0.15, -0.1) is 10.2 Å². The highest BCUT2D eigenvalue weighted by molar-refractivity contribution is 7.99. The number of benzene rings is 2. The Morgan fingerprint density at radius 3 is 2.47 bits per heavy atom. The maximum absolute atomic E-state index is 12.4. The second kappa shape index (κ2) is 10.4. The molecule has 1 saturated heterocycles. The molecule has 3 N–H and O–H groups in total. The zero-order valence-corrected chi connectivity index (χ0v) is 19.0. The molecule has 8 nitrogen and oxygen atoms in total. The Labute approximate surface area is 192 Å². The van der Waals surface area contributed by atoms with Crippen LogP contribution in [0.3, 0.4) is 0 Å². The van der Waals surface area contributed by atoms with Crippen molar-refractivity contribution in [3.05, 3.63) is 59.9 Å². The predicted molar refractivity (Wildman–Crippen MR) is 128 cm³/mol. The fourth-order valence-corrected chi connectivity index (χ4v) is 4.36. The number of anilines is 2. The van der Waals surface area contributed by atoms with Gasteiger partial charge in [0.2, 0.25) is 11.1 Å². The van der Waals surface area contributed by atoms with Crippen LogP contribution in [0.2, 0.25) is 0 Å². The maximum Gasteiger partial charge on any atom is 0.234 e. The fraction of sp³-hybridized carbons (Fsp3) is 0.348. The normalized spacial score (nSPS) is 13.7. The first kappa shape index (κ1) is 22.0. The van der Waals surface area contributed by atoms with Gasteiger partial charge >= 0.3 is 0 Å². The summed E-state index contributed by atoms with van der Waals surface area (Å²) in [6.45, 7) is 2.20. The average Bonchev–Trinajstić information content (AvgIpc) is 3.18. The Hall–Kier alpha value is -3.20. The Balaban J connectivity index is 1.28. The van der Waals surface area contributed by atoms with Crippen LogP contribution in [-0.4, -0.2) is 46.7 Å². The van der Waals surface area contributed by atoms with Gasteiger partial charge in [0.15, 0.2) is 5.82 Å². The molecule has 1 aliphatic rings. The quantitative estimate of drug-likeness (QED) is 0.400. The van der Waals surface area contributed by atoms with Gasteiger partial charge in [-0.1, -0.05) is 23.9 Å². The van der Waals surface area contributed by atoms with E-state index in [4.69, 9.17) is 10.6 Å². The van der Waals surface area contributed by atoms with Gasteiger partial charge in [0.25, 0.3) is 0 Å². The minimum atomic E-state index is -0.111. The third-order valence-corrected chi connectivity index (χ3v) is 6.40. The Bertz CT molecular complexity index is 1030. The largest absolute Gasteiger partial charge is 0.497 e. The zero-order chi connectivity index (χ0) is 22.3. The van der Waals surface area contributed by atoms with E-state index in [0.717, 1.165) is 30.1 Å². The maximum atomic E-state index is 12.4. The second-order valence-electron chi connectivity index (χ2n) is 7.73. The number of thioether (sulfide) groups is 1. The van der Waals surface area contributed by atoms with Gasteiger partial charge in [-0.05, 0) is 61.2 Å². The Kier molecular flexibility index (Phi) is 7.16. The highest BCUT2D eigenvalue weighted by atomic mass is 32.2. The molecule has 1 fully saturated rings. The van der Waals surface area contributed by atoms with E-state index in [9.17, 15) is 4.79 Å². The van der Waals surface area contributed by atoms with Crippen molar-refractivity contribution in [2.24, 2.45) is 0 Å². The number of nitrogens with two attached hydrogens (primary N) is 1.